The molecule has 2 aromatic carbocycles. The van der Waals surface area contributed by atoms with Gasteiger partial charge in [0, 0.05) is 38.9 Å². The summed E-state index contributed by atoms with van der Waals surface area (Å²) >= 11 is 0. The Bertz CT molecular complexity index is 911. The van der Waals surface area contributed by atoms with Crippen molar-refractivity contribution >= 4 is 15.9 Å². The number of ether oxygens (including phenoxy) is 1. The molecule has 0 bridgehead atoms. The van der Waals surface area contributed by atoms with Gasteiger partial charge in [0.05, 0.1) is 11.5 Å². The van der Waals surface area contributed by atoms with Crippen LogP contribution in [0.15, 0.2) is 47.4 Å². The Morgan fingerprint density at radius 2 is 1.85 bits per heavy atom. The molecule has 8 heteroatoms. The molecule has 0 aliphatic carbocycles. The van der Waals surface area contributed by atoms with Crippen molar-refractivity contribution in [1.82, 2.24) is 15.4 Å². The second-order valence-electron chi connectivity index (χ2n) is 6.30. The maximum atomic E-state index is 12.3. The van der Waals surface area contributed by atoms with Crippen LogP contribution in [0.25, 0.3) is 0 Å². The zero-order chi connectivity index (χ0) is 19.3. The van der Waals surface area contributed by atoms with Crippen LogP contribution in [-0.4, -0.2) is 34.6 Å². The number of nitrogens with one attached hydrogen (secondary N) is 3. The molecule has 2 aromatic rings. The zero-order valence-electron chi connectivity index (χ0n) is 15.1. The van der Waals surface area contributed by atoms with Gasteiger partial charge in [-0.1, -0.05) is 18.2 Å². The molecule has 7 nitrogen and oxygen atoms in total. The van der Waals surface area contributed by atoms with Crippen LogP contribution in [0.5, 0.6) is 0 Å². The molecule has 0 saturated carbocycles. The van der Waals surface area contributed by atoms with Crippen molar-refractivity contribution in [3.8, 4) is 0 Å². The second kappa shape index (κ2) is 8.62. The number of fused-ring (bicyclic) bond motifs is 1. The monoisotopic (exact) mass is 389 g/mol. The van der Waals surface area contributed by atoms with Crippen LogP contribution in [0.4, 0.5) is 0 Å². The molecular weight excluding hydrogens is 366 g/mol. The third-order valence-electron chi connectivity index (χ3n) is 4.38. The number of rotatable bonds is 8. The molecule has 3 rings (SSSR count). The van der Waals surface area contributed by atoms with E-state index < -0.39 is 10.0 Å². The SMILES string of the molecule is COCCNS(=O)(=O)c1ccc(C(=O)NCc2ccc3c(c2)CNC3)cc1. The van der Waals surface area contributed by atoms with Gasteiger partial charge in [0.25, 0.3) is 5.91 Å². The molecule has 0 unspecified atom stereocenters. The van der Waals surface area contributed by atoms with Crippen molar-refractivity contribution < 1.29 is 17.9 Å². The van der Waals surface area contributed by atoms with Crippen molar-refractivity contribution in [1.29, 1.82) is 0 Å². The van der Waals surface area contributed by atoms with Gasteiger partial charge in [-0.15, -0.1) is 0 Å². The molecule has 0 saturated heterocycles. The third-order valence-corrected chi connectivity index (χ3v) is 5.86. The van der Waals surface area contributed by atoms with Crippen molar-refractivity contribution in [2.24, 2.45) is 0 Å². The van der Waals surface area contributed by atoms with E-state index in [2.05, 4.69) is 27.5 Å². The lowest BCUT2D eigenvalue weighted by Gasteiger charge is -2.09. The van der Waals surface area contributed by atoms with Crippen LogP contribution in [0.3, 0.4) is 0 Å². The summed E-state index contributed by atoms with van der Waals surface area (Å²) in [7, 11) is -2.10. The molecule has 0 atom stereocenters. The number of benzene rings is 2. The summed E-state index contributed by atoms with van der Waals surface area (Å²) in [5, 5.41) is 6.16. The van der Waals surface area contributed by atoms with E-state index in [0.717, 1.165) is 18.7 Å². The number of sulfonamides is 1. The molecule has 0 fully saturated rings. The summed E-state index contributed by atoms with van der Waals surface area (Å²) in [4.78, 5) is 12.4. The van der Waals surface area contributed by atoms with Gasteiger partial charge in [0.15, 0.2) is 0 Å². The summed E-state index contributed by atoms with van der Waals surface area (Å²) < 4.78 is 31.5. The molecule has 0 aromatic heterocycles. The van der Waals surface area contributed by atoms with Gasteiger partial charge in [0.1, 0.15) is 0 Å². The van der Waals surface area contributed by atoms with Crippen LogP contribution >= 0.6 is 0 Å². The zero-order valence-corrected chi connectivity index (χ0v) is 15.9. The summed E-state index contributed by atoms with van der Waals surface area (Å²) in [6.07, 6.45) is 0. The highest BCUT2D eigenvalue weighted by Gasteiger charge is 2.15. The highest BCUT2D eigenvalue weighted by Crippen LogP contribution is 2.17. The van der Waals surface area contributed by atoms with Crippen molar-refractivity contribution in [2.45, 2.75) is 24.5 Å². The first-order chi connectivity index (χ1) is 13.0. The molecule has 1 amide bonds. The molecule has 1 aliphatic rings. The average molecular weight is 389 g/mol. The highest BCUT2D eigenvalue weighted by molar-refractivity contribution is 7.89. The first-order valence-corrected chi connectivity index (χ1v) is 10.2. The number of carbonyl (C=O) groups excluding carboxylic acids is 1. The van der Waals surface area contributed by atoms with E-state index in [0.29, 0.717) is 18.7 Å². The van der Waals surface area contributed by atoms with E-state index in [4.69, 9.17) is 4.74 Å². The largest absolute Gasteiger partial charge is 0.383 e. The number of amides is 1. The molecule has 0 spiro atoms. The maximum Gasteiger partial charge on any atom is 0.251 e. The van der Waals surface area contributed by atoms with Crippen molar-refractivity contribution in [3.63, 3.8) is 0 Å². The Balaban J connectivity index is 1.59. The van der Waals surface area contributed by atoms with Crippen LogP contribution in [-0.2, 0) is 34.4 Å². The van der Waals surface area contributed by atoms with Gasteiger partial charge >= 0.3 is 0 Å². The fraction of sp³-hybridized carbons (Fsp3) is 0.316. The predicted octanol–water partition coefficient (Wildman–Crippen LogP) is 1.14. The fourth-order valence-corrected chi connectivity index (χ4v) is 3.90. The minimum Gasteiger partial charge on any atom is -0.383 e. The van der Waals surface area contributed by atoms with E-state index >= 15 is 0 Å². The molecule has 27 heavy (non-hydrogen) atoms. The van der Waals surface area contributed by atoms with E-state index in [9.17, 15) is 13.2 Å². The Labute approximate surface area is 159 Å². The van der Waals surface area contributed by atoms with Gasteiger partial charge in [-0.05, 0) is 41.0 Å². The number of carbonyl (C=O) groups is 1. The van der Waals surface area contributed by atoms with Crippen molar-refractivity contribution in [2.75, 3.05) is 20.3 Å². The smallest absolute Gasteiger partial charge is 0.251 e. The molecule has 3 N–H and O–H groups in total. The maximum absolute atomic E-state index is 12.3. The lowest BCUT2D eigenvalue weighted by molar-refractivity contribution is 0.0951. The van der Waals surface area contributed by atoms with Crippen molar-refractivity contribution in [3.05, 3.63) is 64.7 Å². The summed E-state index contributed by atoms with van der Waals surface area (Å²) in [5.74, 6) is -0.245. The van der Waals surface area contributed by atoms with Gasteiger partial charge in [-0.3, -0.25) is 4.79 Å². The lowest BCUT2D eigenvalue weighted by Crippen LogP contribution is -2.27. The highest BCUT2D eigenvalue weighted by atomic mass is 32.2. The van der Waals surface area contributed by atoms with Gasteiger partial charge in [-0.25, -0.2) is 13.1 Å². The molecule has 1 aliphatic heterocycles. The Morgan fingerprint density at radius 1 is 1.11 bits per heavy atom. The Morgan fingerprint density at radius 3 is 2.59 bits per heavy atom. The van der Waals surface area contributed by atoms with Gasteiger partial charge < -0.3 is 15.4 Å². The van der Waals surface area contributed by atoms with Gasteiger partial charge in [-0.2, -0.15) is 0 Å². The summed E-state index contributed by atoms with van der Waals surface area (Å²) in [6, 6.07) is 12.0. The molecule has 1 heterocycles. The van der Waals surface area contributed by atoms with E-state index in [1.54, 1.807) is 0 Å². The molecular formula is C19H23N3O4S. The third kappa shape index (κ3) is 4.92. The minimum absolute atomic E-state index is 0.112. The predicted molar refractivity (Wildman–Crippen MR) is 102 cm³/mol. The Hall–Kier alpha value is -2.26. The summed E-state index contributed by atoms with van der Waals surface area (Å²) in [6.45, 7) is 2.64. The standard InChI is InChI=1S/C19H23N3O4S/c1-26-9-8-22-27(24,25)18-6-4-15(5-7-18)19(23)21-11-14-2-3-16-12-20-13-17(16)10-14/h2-7,10,20,22H,8-9,11-13H2,1H3,(H,21,23). The first-order valence-electron chi connectivity index (χ1n) is 8.68. The van der Waals surface area contributed by atoms with Gasteiger partial charge in [0.2, 0.25) is 10.0 Å². The summed E-state index contributed by atoms with van der Waals surface area (Å²) in [5.41, 5.74) is 4.00. The quantitative estimate of drug-likeness (QED) is 0.589. The van der Waals surface area contributed by atoms with Crippen LogP contribution < -0.4 is 15.4 Å². The average Bonchev–Trinajstić information content (AvgIpc) is 3.14. The van der Waals surface area contributed by atoms with E-state index in [-0.39, 0.29) is 17.3 Å². The first kappa shape index (κ1) is 19.5. The van der Waals surface area contributed by atoms with Crippen LogP contribution in [0.1, 0.15) is 27.0 Å². The Kier molecular flexibility index (Phi) is 6.22. The fourth-order valence-electron chi connectivity index (χ4n) is 2.89. The number of hydrogen-bond acceptors (Lipinski definition) is 5. The molecule has 0 radical (unpaired) electrons. The normalized spacial score (nSPS) is 13.4. The van der Waals surface area contributed by atoms with E-state index in [1.165, 1.54) is 42.5 Å². The number of methoxy groups -OCH3 is 1. The molecule has 144 valence electrons. The van der Waals surface area contributed by atoms with Crippen LogP contribution in [0.2, 0.25) is 0 Å². The van der Waals surface area contributed by atoms with E-state index in [1.807, 2.05) is 6.07 Å². The minimum atomic E-state index is -3.60. The second-order valence-corrected chi connectivity index (χ2v) is 8.07. The van der Waals surface area contributed by atoms with Crippen LogP contribution in [0, 0.1) is 0 Å². The lowest BCUT2D eigenvalue weighted by atomic mass is 10.1. The topological polar surface area (TPSA) is 96.5 Å². The number of hydrogen-bond donors (Lipinski definition) is 3.